The summed E-state index contributed by atoms with van der Waals surface area (Å²) < 4.78 is 53.7. The first-order valence-corrected chi connectivity index (χ1v) is 8.98. The second kappa shape index (κ2) is 8.07. The minimum atomic E-state index is -5.25. The molecule has 0 unspecified atom stereocenters. The summed E-state index contributed by atoms with van der Waals surface area (Å²) in [5.41, 5.74) is -2.03. The summed E-state index contributed by atoms with van der Waals surface area (Å²) in [7, 11) is -4.57. The standard InChI is InChI=1S/C13H19F3NO8P/c1-2-7-8(17-11(21)13(14,15)16)9(19)10(20)12(25-7,3-5-18)4-6-26(22,23)24/h2-3,5,7-10,18-20H,1,4,6H2,(H,17,21)(H2,22,23,24)/b5-3+/t7-,8-,9-,10+,12-/m1/s1. The number of rotatable bonds is 6. The van der Waals surface area contributed by atoms with Gasteiger partial charge < -0.3 is 35.2 Å². The zero-order valence-corrected chi connectivity index (χ0v) is 14.1. The molecule has 0 spiro atoms. The highest BCUT2D eigenvalue weighted by Gasteiger charge is 2.54. The Balaban J connectivity index is 3.16. The summed E-state index contributed by atoms with van der Waals surface area (Å²) in [6.07, 6.45) is -10.0. The fourth-order valence-corrected chi connectivity index (χ4v) is 3.19. The lowest BCUT2D eigenvalue weighted by Crippen LogP contribution is -2.68. The van der Waals surface area contributed by atoms with E-state index in [0.717, 1.165) is 12.2 Å². The van der Waals surface area contributed by atoms with Crippen LogP contribution < -0.4 is 5.32 Å². The van der Waals surface area contributed by atoms with Crippen molar-refractivity contribution in [1.82, 2.24) is 5.32 Å². The predicted molar refractivity (Wildman–Crippen MR) is 81.1 cm³/mol. The molecule has 1 fully saturated rings. The number of amides is 1. The predicted octanol–water partition coefficient (Wildman–Crippen LogP) is -0.282. The molecule has 1 rings (SSSR count). The van der Waals surface area contributed by atoms with Gasteiger partial charge in [0, 0.05) is 0 Å². The van der Waals surface area contributed by atoms with E-state index in [0.29, 0.717) is 6.26 Å². The Morgan fingerprint density at radius 2 is 1.92 bits per heavy atom. The lowest BCUT2D eigenvalue weighted by molar-refractivity contribution is -0.214. The molecule has 0 aromatic heterocycles. The first-order chi connectivity index (χ1) is 11.8. The average Bonchev–Trinajstić information content (AvgIpc) is 2.51. The highest BCUT2D eigenvalue weighted by atomic mass is 31.2. The highest BCUT2D eigenvalue weighted by molar-refractivity contribution is 7.51. The third kappa shape index (κ3) is 5.29. The Hall–Kier alpha value is -1.43. The first kappa shape index (κ1) is 22.6. The fourth-order valence-electron chi connectivity index (χ4n) is 2.55. The van der Waals surface area contributed by atoms with Gasteiger partial charge in [0.15, 0.2) is 0 Å². The third-order valence-corrected chi connectivity index (χ3v) is 4.65. The number of ether oxygens (including phenoxy) is 1. The smallest absolute Gasteiger partial charge is 0.471 e. The summed E-state index contributed by atoms with van der Waals surface area (Å²) in [5.74, 6) is -2.38. The summed E-state index contributed by atoms with van der Waals surface area (Å²) in [6, 6.07) is -1.74. The molecule has 13 heteroatoms. The van der Waals surface area contributed by atoms with Crippen LogP contribution in [0.3, 0.4) is 0 Å². The van der Waals surface area contributed by atoms with Crippen LogP contribution in [-0.2, 0) is 14.1 Å². The Morgan fingerprint density at radius 1 is 1.35 bits per heavy atom. The van der Waals surface area contributed by atoms with Crippen LogP contribution in [0.4, 0.5) is 13.2 Å². The average molecular weight is 405 g/mol. The number of carbonyl (C=O) groups is 1. The molecule has 1 amide bonds. The Kier molecular flexibility index (Phi) is 7.02. The van der Waals surface area contributed by atoms with Crippen LogP contribution >= 0.6 is 7.60 Å². The van der Waals surface area contributed by atoms with E-state index in [1.54, 1.807) is 0 Å². The van der Waals surface area contributed by atoms with E-state index in [9.17, 15) is 32.7 Å². The second-order valence-corrected chi connectivity index (χ2v) is 7.44. The van der Waals surface area contributed by atoms with Gasteiger partial charge in [0.2, 0.25) is 0 Å². The van der Waals surface area contributed by atoms with Crippen molar-refractivity contribution < 1.29 is 52.4 Å². The van der Waals surface area contributed by atoms with Crippen molar-refractivity contribution in [2.24, 2.45) is 0 Å². The van der Waals surface area contributed by atoms with Crippen molar-refractivity contribution >= 4 is 13.5 Å². The maximum atomic E-state index is 12.4. The molecule has 0 aliphatic carbocycles. The van der Waals surface area contributed by atoms with Gasteiger partial charge in [-0.1, -0.05) is 6.08 Å². The van der Waals surface area contributed by atoms with Crippen molar-refractivity contribution in [3.63, 3.8) is 0 Å². The molecular formula is C13H19F3NO8P. The van der Waals surface area contributed by atoms with Crippen molar-refractivity contribution in [2.45, 2.75) is 42.6 Å². The van der Waals surface area contributed by atoms with Crippen LogP contribution in [0.5, 0.6) is 0 Å². The number of aliphatic hydroxyl groups is 3. The van der Waals surface area contributed by atoms with Crippen LogP contribution in [0.25, 0.3) is 0 Å². The lowest BCUT2D eigenvalue weighted by atomic mass is 9.81. The summed E-state index contributed by atoms with van der Waals surface area (Å²) in [4.78, 5) is 29.1. The van der Waals surface area contributed by atoms with E-state index < -0.39 is 62.2 Å². The van der Waals surface area contributed by atoms with Gasteiger partial charge in [0.1, 0.15) is 17.8 Å². The van der Waals surface area contributed by atoms with Crippen LogP contribution in [-0.4, -0.2) is 73.3 Å². The van der Waals surface area contributed by atoms with E-state index in [1.165, 1.54) is 5.32 Å². The SMILES string of the molecule is C=C[C@H]1O[C@](/C=C/O)(CCP(=O)(O)O)[C@@H](O)[C@H](O)[C@@H]1NC(=O)C(F)(F)F. The number of aliphatic hydroxyl groups excluding tert-OH is 3. The number of nitrogens with one attached hydrogen (secondary N) is 1. The first-order valence-electron chi connectivity index (χ1n) is 7.18. The molecule has 9 nitrogen and oxygen atoms in total. The van der Waals surface area contributed by atoms with Gasteiger partial charge in [-0.2, -0.15) is 13.2 Å². The Bertz CT molecular complexity index is 607. The molecule has 150 valence electrons. The molecule has 0 bridgehead atoms. The largest absolute Gasteiger partial charge is 0.516 e. The summed E-state index contributed by atoms with van der Waals surface area (Å²) in [5, 5.41) is 30.9. The number of hydrogen-bond donors (Lipinski definition) is 6. The topological polar surface area (TPSA) is 157 Å². The van der Waals surface area contributed by atoms with Gasteiger partial charge >= 0.3 is 19.7 Å². The van der Waals surface area contributed by atoms with Crippen molar-refractivity contribution in [3.05, 3.63) is 25.0 Å². The Labute approximate surface area is 145 Å². The normalized spacial score (nSPS) is 33.2. The molecule has 5 atom stereocenters. The zero-order chi connectivity index (χ0) is 20.3. The molecule has 0 radical (unpaired) electrons. The minimum Gasteiger partial charge on any atom is -0.516 e. The number of carbonyl (C=O) groups excluding carboxylic acids is 1. The molecular weight excluding hydrogens is 386 g/mol. The number of hydrogen-bond acceptors (Lipinski definition) is 6. The highest BCUT2D eigenvalue weighted by Crippen LogP contribution is 2.42. The molecule has 1 heterocycles. The third-order valence-electron chi connectivity index (χ3n) is 3.84. The minimum absolute atomic E-state index is 0.393. The maximum Gasteiger partial charge on any atom is 0.471 e. The molecule has 0 aromatic carbocycles. The number of halogens is 3. The molecule has 1 aliphatic heterocycles. The molecule has 0 aromatic rings. The van der Waals surface area contributed by atoms with Crippen LogP contribution in [0.15, 0.2) is 25.0 Å². The number of alkyl halides is 3. The van der Waals surface area contributed by atoms with Crippen molar-refractivity contribution in [3.8, 4) is 0 Å². The molecule has 6 N–H and O–H groups in total. The van der Waals surface area contributed by atoms with E-state index in [2.05, 4.69) is 6.58 Å². The van der Waals surface area contributed by atoms with E-state index in [-0.39, 0.29) is 0 Å². The second-order valence-electron chi connectivity index (χ2n) is 5.66. The van der Waals surface area contributed by atoms with Crippen LogP contribution in [0.1, 0.15) is 6.42 Å². The maximum absolute atomic E-state index is 12.4. The van der Waals surface area contributed by atoms with Gasteiger partial charge in [-0.3, -0.25) is 9.36 Å². The zero-order valence-electron chi connectivity index (χ0n) is 13.2. The van der Waals surface area contributed by atoms with Crippen LogP contribution in [0, 0.1) is 0 Å². The van der Waals surface area contributed by atoms with E-state index in [4.69, 9.17) is 19.6 Å². The molecule has 1 aliphatic rings. The quantitative estimate of drug-likeness (QED) is 0.200. The lowest BCUT2D eigenvalue weighted by Gasteiger charge is -2.48. The van der Waals surface area contributed by atoms with Crippen molar-refractivity contribution in [2.75, 3.05) is 6.16 Å². The van der Waals surface area contributed by atoms with E-state index >= 15 is 0 Å². The molecule has 26 heavy (non-hydrogen) atoms. The fraction of sp³-hybridized carbons (Fsp3) is 0.615. The summed E-state index contributed by atoms with van der Waals surface area (Å²) >= 11 is 0. The monoisotopic (exact) mass is 405 g/mol. The molecule has 0 saturated carbocycles. The van der Waals surface area contributed by atoms with Gasteiger partial charge in [-0.15, -0.1) is 6.58 Å². The van der Waals surface area contributed by atoms with Gasteiger partial charge in [-0.25, -0.2) is 0 Å². The van der Waals surface area contributed by atoms with E-state index in [1.807, 2.05) is 0 Å². The van der Waals surface area contributed by atoms with Gasteiger partial charge in [0.25, 0.3) is 0 Å². The Morgan fingerprint density at radius 3 is 2.35 bits per heavy atom. The summed E-state index contributed by atoms with van der Waals surface area (Å²) in [6.45, 7) is 3.31. The van der Waals surface area contributed by atoms with Crippen molar-refractivity contribution in [1.29, 1.82) is 0 Å². The van der Waals surface area contributed by atoms with Gasteiger partial charge in [0.05, 0.1) is 24.6 Å². The van der Waals surface area contributed by atoms with Crippen LogP contribution in [0.2, 0.25) is 0 Å². The molecule has 1 saturated heterocycles. The van der Waals surface area contributed by atoms with Gasteiger partial charge in [-0.05, 0) is 12.5 Å².